The highest BCUT2D eigenvalue weighted by atomic mass is 19.1. The molecule has 0 amide bonds. The molecule has 3 heteroatoms. The largest absolute Gasteiger partial charge is 0.496 e. The van der Waals surface area contributed by atoms with E-state index >= 15 is 0 Å². The Hall–Kier alpha value is -1.35. The van der Waals surface area contributed by atoms with Crippen LogP contribution in [0, 0.1) is 5.82 Å². The molecule has 1 atom stereocenters. The Morgan fingerprint density at radius 3 is 2.88 bits per heavy atom. The van der Waals surface area contributed by atoms with Gasteiger partial charge in [-0.15, -0.1) is 0 Å². The molecule has 2 nitrogen and oxygen atoms in total. The van der Waals surface area contributed by atoms with Crippen molar-refractivity contribution in [2.75, 3.05) is 13.2 Å². The zero-order valence-corrected chi connectivity index (χ0v) is 10.1. The summed E-state index contributed by atoms with van der Waals surface area (Å²) < 4.78 is 19.4. The summed E-state index contributed by atoms with van der Waals surface area (Å²) in [5.74, 6) is 0.668. The number of nitrogens with one attached hydrogen (secondary N) is 1. The average molecular weight is 235 g/mol. The van der Waals surface area contributed by atoms with E-state index in [9.17, 15) is 4.39 Å². The highest BCUT2D eigenvalue weighted by Gasteiger charge is 2.22. The van der Waals surface area contributed by atoms with Crippen molar-refractivity contribution >= 4 is 0 Å². The van der Waals surface area contributed by atoms with Gasteiger partial charge >= 0.3 is 0 Å². The average Bonchev–Trinajstić information content (AvgIpc) is 2.85. The van der Waals surface area contributed by atoms with Gasteiger partial charge in [0.1, 0.15) is 11.6 Å². The second-order valence-corrected chi connectivity index (χ2v) is 4.15. The predicted molar refractivity (Wildman–Crippen MR) is 66.1 cm³/mol. The molecule has 0 aliphatic carbocycles. The third kappa shape index (κ3) is 2.86. The van der Waals surface area contributed by atoms with E-state index in [0.717, 1.165) is 25.1 Å². The first-order chi connectivity index (χ1) is 8.33. The van der Waals surface area contributed by atoms with Crippen LogP contribution in [-0.4, -0.2) is 13.2 Å². The van der Waals surface area contributed by atoms with E-state index in [0.29, 0.717) is 12.2 Å². The highest BCUT2D eigenvalue weighted by molar-refractivity contribution is 5.28. The summed E-state index contributed by atoms with van der Waals surface area (Å²) in [5.41, 5.74) is 0.661. The summed E-state index contributed by atoms with van der Waals surface area (Å²) >= 11 is 0. The molecule has 0 saturated heterocycles. The molecule has 0 spiro atoms. The van der Waals surface area contributed by atoms with Crippen LogP contribution in [0.1, 0.15) is 31.4 Å². The van der Waals surface area contributed by atoms with Crippen LogP contribution in [-0.2, 0) is 4.74 Å². The van der Waals surface area contributed by atoms with Gasteiger partial charge in [0, 0.05) is 12.0 Å². The van der Waals surface area contributed by atoms with Crippen molar-refractivity contribution in [3.63, 3.8) is 0 Å². The molecule has 1 aliphatic rings. The first-order valence-corrected chi connectivity index (χ1v) is 6.13. The number of benzene rings is 1. The van der Waals surface area contributed by atoms with Crippen LogP contribution in [0.25, 0.3) is 0 Å². The minimum absolute atomic E-state index is 0.154. The van der Waals surface area contributed by atoms with E-state index in [1.807, 2.05) is 18.2 Å². The summed E-state index contributed by atoms with van der Waals surface area (Å²) in [4.78, 5) is 0. The Morgan fingerprint density at radius 1 is 1.41 bits per heavy atom. The molecule has 0 aromatic heterocycles. The SMILES string of the molecule is CCCNC(C1=CCCO1)c1ccccc1F. The van der Waals surface area contributed by atoms with Gasteiger partial charge in [0.2, 0.25) is 0 Å². The first kappa shape index (κ1) is 12.1. The molecule has 0 saturated carbocycles. The Labute approximate surface area is 101 Å². The maximum atomic E-state index is 13.8. The van der Waals surface area contributed by atoms with E-state index in [1.54, 1.807) is 6.07 Å². The second kappa shape index (κ2) is 5.82. The van der Waals surface area contributed by atoms with Gasteiger partial charge in [-0.1, -0.05) is 25.1 Å². The van der Waals surface area contributed by atoms with Crippen LogP contribution in [0.2, 0.25) is 0 Å². The van der Waals surface area contributed by atoms with E-state index < -0.39 is 0 Å². The monoisotopic (exact) mass is 235 g/mol. The molecule has 17 heavy (non-hydrogen) atoms. The van der Waals surface area contributed by atoms with Gasteiger partial charge in [-0.05, 0) is 25.1 Å². The molecule has 0 fully saturated rings. The summed E-state index contributed by atoms with van der Waals surface area (Å²) in [6.07, 6.45) is 3.96. The van der Waals surface area contributed by atoms with Crippen LogP contribution >= 0.6 is 0 Å². The molecule has 1 heterocycles. The maximum absolute atomic E-state index is 13.8. The van der Waals surface area contributed by atoms with Crippen LogP contribution in [0.5, 0.6) is 0 Å². The normalized spacial score (nSPS) is 16.5. The van der Waals surface area contributed by atoms with Crippen molar-refractivity contribution in [1.29, 1.82) is 0 Å². The fraction of sp³-hybridized carbons (Fsp3) is 0.429. The molecule has 2 rings (SSSR count). The summed E-state index contributed by atoms with van der Waals surface area (Å²) in [6, 6.07) is 6.71. The third-order valence-electron chi connectivity index (χ3n) is 2.83. The standard InChI is InChI=1S/C14H18FNO/c1-2-9-16-14(13-8-5-10-17-13)11-6-3-4-7-12(11)15/h3-4,6-8,14,16H,2,5,9-10H2,1H3. The van der Waals surface area contributed by atoms with Gasteiger partial charge in [0.05, 0.1) is 12.6 Å². The Kier molecular flexibility index (Phi) is 4.15. The van der Waals surface area contributed by atoms with Crippen LogP contribution in [0.3, 0.4) is 0 Å². The Bertz CT molecular complexity index is 403. The molecule has 1 aliphatic heterocycles. The second-order valence-electron chi connectivity index (χ2n) is 4.15. The van der Waals surface area contributed by atoms with Crippen molar-refractivity contribution in [3.8, 4) is 0 Å². The summed E-state index contributed by atoms with van der Waals surface area (Å²) in [7, 11) is 0. The topological polar surface area (TPSA) is 21.3 Å². The van der Waals surface area contributed by atoms with Gasteiger partial charge in [0.25, 0.3) is 0 Å². The Balaban J connectivity index is 2.23. The van der Waals surface area contributed by atoms with Crippen molar-refractivity contribution in [1.82, 2.24) is 5.32 Å². The third-order valence-corrected chi connectivity index (χ3v) is 2.83. The highest BCUT2D eigenvalue weighted by Crippen LogP contribution is 2.28. The van der Waals surface area contributed by atoms with E-state index in [4.69, 9.17) is 4.74 Å². The minimum atomic E-state index is -0.183. The van der Waals surface area contributed by atoms with Crippen molar-refractivity contribution in [3.05, 3.63) is 47.5 Å². The van der Waals surface area contributed by atoms with Gasteiger partial charge in [-0.2, -0.15) is 0 Å². The van der Waals surface area contributed by atoms with Crippen LogP contribution < -0.4 is 5.32 Å². The van der Waals surface area contributed by atoms with Gasteiger partial charge in [-0.25, -0.2) is 4.39 Å². The molecule has 1 unspecified atom stereocenters. The lowest BCUT2D eigenvalue weighted by Gasteiger charge is -2.20. The molecular weight excluding hydrogens is 217 g/mol. The molecule has 1 N–H and O–H groups in total. The van der Waals surface area contributed by atoms with Gasteiger partial charge in [0.15, 0.2) is 0 Å². The van der Waals surface area contributed by atoms with Crippen LogP contribution in [0.15, 0.2) is 36.1 Å². The van der Waals surface area contributed by atoms with Crippen molar-refractivity contribution in [2.24, 2.45) is 0 Å². The zero-order valence-electron chi connectivity index (χ0n) is 10.1. The molecule has 0 bridgehead atoms. The molecule has 1 aromatic rings. The van der Waals surface area contributed by atoms with Crippen molar-refractivity contribution < 1.29 is 9.13 Å². The lowest BCUT2D eigenvalue weighted by Crippen LogP contribution is -2.25. The Morgan fingerprint density at radius 2 is 2.24 bits per heavy atom. The number of ether oxygens (including phenoxy) is 1. The van der Waals surface area contributed by atoms with E-state index in [1.165, 1.54) is 6.07 Å². The minimum Gasteiger partial charge on any atom is -0.496 e. The van der Waals surface area contributed by atoms with Gasteiger partial charge < -0.3 is 10.1 Å². The number of hydrogen-bond acceptors (Lipinski definition) is 2. The van der Waals surface area contributed by atoms with Gasteiger partial charge in [-0.3, -0.25) is 0 Å². The number of halogens is 1. The quantitative estimate of drug-likeness (QED) is 0.846. The number of rotatable bonds is 5. The molecule has 92 valence electrons. The maximum Gasteiger partial charge on any atom is 0.128 e. The molecule has 1 aromatic carbocycles. The molecular formula is C14H18FNO. The fourth-order valence-corrected chi connectivity index (χ4v) is 2.00. The first-order valence-electron chi connectivity index (χ1n) is 6.13. The lowest BCUT2D eigenvalue weighted by molar-refractivity contribution is 0.214. The predicted octanol–water partition coefficient (Wildman–Crippen LogP) is 3.17. The smallest absolute Gasteiger partial charge is 0.128 e. The lowest BCUT2D eigenvalue weighted by atomic mass is 10.0. The van der Waals surface area contributed by atoms with E-state index in [2.05, 4.69) is 12.2 Å². The summed E-state index contributed by atoms with van der Waals surface area (Å²) in [6.45, 7) is 3.64. The zero-order chi connectivity index (χ0) is 12.1. The fourth-order valence-electron chi connectivity index (χ4n) is 2.00. The van der Waals surface area contributed by atoms with Crippen molar-refractivity contribution in [2.45, 2.75) is 25.8 Å². The molecule has 0 radical (unpaired) electrons. The van der Waals surface area contributed by atoms with E-state index in [-0.39, 0.29) is 11.9 Å². The summed E-state index contributed by atoms with van der Waals surface area (Å²) in [5, 5.41) is 3.34. The number of hydrogen-bond donors (Lipinski definition) is 1. The van der Waals surface area contributed by atoms with Crippen LogP contribution in [0.4, 0.5) is 4.39 Å².